The quantitative estimate of drug-likeness (QED) is 0.399. The van der Waals surface area contributed by atoms with Crippen LogP contribution in [-0.4, -0.2) is 43.4 Å². The first-order chi connectivity index (χ1) is 13.1. The second-order valence-corrected chi connectivity index (χ2v) is 8.34. The highest BCUT2D eigenvalue weighted by Crippen LogP contribution is 2.27. The predicted molar refractivity (Wildman–Crippen MR) is 105 cm³/mol. The molecule has 0 aliphatic heterocycles. The van der Waals surface area contributed by atoms with Crippen LogP contribution in [-0.2, 0) is 14.8 Å². The topological polar surface area (TPSA) is 122 Å². The van der Waals surface area contributed by atoms with Gasteiger partial charge in [-0.15, -0.1) is 0 Å². The predicted octanol–water partition coefficient (Wildman–Crippen LogP) is 2.67. The van der Waals surface area contributed by atoms with Crippen LogP contribution >= 0.6 is 23.2 Å². The Labute approximate surface area is 170 Å². The molecule has 0 saturated carbocycles. The maximum atomic E-state index is 12.5. The van der Waals surface area contributed by atoms with E-state index in [0.29, 0.717) is 5.56 Å². The summed E-state index contributed by atoms with van der Waals surface area (Å²) in [6.07, 6.45) is 1.20. The number of halogens is 2. The fourth-order valence-electron chi connectivity index (χ4n) is 2.06. The fourth-order valence-corrected chi connectivity index (χ4v) is 3.92. The molecular formula is C16H14Cl2N4O5S. The maximum absolute atomic E-state index is 12.5. The van der Waals surface area contributed by atoms with E-state index in [1.54, 1.807) is 6.07 Å². The Balaban J connectivity index is 2.03. The van der Waals surface area contributed by atoms with Crippen LogP contribution in [0.1, 0.15) is 5.56 Å². The lowest BCUT2D eigenvalue weighted by Gasteiger charge is -2.17. The van der Waals surface area contributed by atoms with Gasteiger partial charge >= 0.3 is 0 Å². The highest BCUT2D eigenvalue weighted by molar-refractivity contribution is 7.89. The van der Waals surface area contributed by atoms with Gasteiger partial charge in [0, 0.05) is 29.8 Å². The van der Waals surface area contributed by atoms with Crippen LogP contribution in [0, 0.1) is 10.1 Å². The number of carbonyl (C=O) groups is 1. The van der Waals surface area contributed by atoms with Crippen LogP contribution in [0.2, 0.25) is 10.0 Å². The lowest BCUT2D eigenvalue weighted by molar-refractivity contribution is -0.384. The van der Waals surface area contributed by atoms with E-state index in [4.69, 9.17) is 23.2 Å². The highest BCUT2D eigenvalue weighted by Gasteiger charge is 2.25. The minimum absolute atomic E-state index is 0.0275. The Morgan fingerprint density at radius 1 is 1.29 bits per heavy atom. The lowest BCUT2D eigenvalue weighted by Crippen LogP contribution is -2.36. The number of likely N-dealkylation sites (N-methyl/N-ethyl adjacent to an activating group) is 1. The van der Waals surface area contributed by atoms with Gasteiger partial charge in [-0.2, -0.15) is 9.41 Å². The number of benzene rings is 2. The standard InChI is InChI=1S/C16H14Cl2N4O5S/c1-21(28(26,27)15-8-12(17)5-6-14(15)18)10-16(23)20-19-9-11-3-2-4-13(7-11)22(24)25/h2-9H,10H2,1H3,(H,20,23)/b19-9-. The minimum Gasteiger partial charge on any atom is -0.272 e. The SMILES string of the molecule is CN(CC(=O)N/N=C\c1cccc([N+](=O)[O-])c1)S(=O)(=O)c1cc(Cl)ccc1Cl. The number of non-ortho nitro benzene ring substituents is 1. The van der Waals surface area contributed by atoms with E-state index < -0.39 is 27.4 Å². The number of nitrogens with zero attached hydrogens (tertiary/aromatic N) is 3. The van der Waals surface area contributed by atoms with Gasteiger partial charge in [-0.3, -0.25) is 14.9 Å². The Morgan fingerprint density at radius 3 is 2.68 bits per heavy atom. The van der Waals surface area contributed by atoms with E-state index in [0.717, 1.165) is 4.31 Å². The third-order valence-corrected chi connectivity index (χ3v) is 5.95. The molecule has 0 aliphatic rings. The molecule has 0 aromatic heterocycles. The van der Waals surface area contributed by atoms with Crippen molar-refractivity contribution in [3.05, 3.63) is 68.2 Å². The zero-order valence-corrected chi connectivity index (χ0v) is 16.7. The number of rotatable bonds is 7. The molecule has 1 N–H and O–H groups in total. The van der Waals surface area contributed by atoms with E-state index in [2.05, 4.69) is 10.5 Å². The Morgan fingerprint density at radius 2 is 2.00 bits per heavy atom. The summed E-state index contributed by atoms with van der Waals surface area (Å²) in [5.41, 5.74) is 2.42. The van der Waals surface area contributed by atoms with Crippen LogP contribution in [0.3, 0.4) is 0 Å². The molecule has 148 valence electrons. The molecule has 2 aromatic rings. The molecule has 28 heavy (non-hydrogen) atoms. The zero-order valence-electron chi connectivity index (χ0n) is 14.4. The van der Waals surface area contributed by atoms with Crippen molar-refractivity contribution in [1.29, 1.82) is 0 Å². The Kier molecular flexibility index (Phi) is 7.08. The average molecular weight is 445 g/mol. The Bertz CT molecular complexity index is 1040. The van der Waals surface area contributed by atoms with Crippen LogP contribution in [0.25, 0.3) is 0 Å². The first kappa shape index (κ1) is 21.8. The summed E-state index contributed by atoms with van der Waals surface area (Å²) in [4.78, 5) is 21.9. The van der Waals surface area contributed by atoms with E-state index in [1.807, 2.05) is 0 Å². The highest BCUT2D eigenvalue weighted by atomic mass is 35.5. The summed E-state index contributed by atoms with van der Waals surface area (Å²) in [5, 5.41) is 14.5. The first-order valence-electron chi connectivity index (χ1n) is 7.59. The van der Waals surface area contributed by atoms with Gasteiger partial charge in [0.15, 0.2) is 0 Å². The molecule has 0 atom stereocenters. The number of hydrazone groups is 1. The fraction of sp³-hybridized carbons (Fsp3) is 0.125. The molecule has 0 radical (unpaired) electrons. The third-order valence-electron chi connectivity index (χ3n) is 3.43. The number of nitrogens with one attached hydrogen (secondary N) is 1. The third kappa shape index (κ3) is 5.49. The molecule has 2 aromatic carbocycles. The molecule has 0 bridgehead atoms. The van der Waals surface area contributed by atoms with E-state index in [1.165, 1.54) is 49.7 Å². The second-order valence-electron chi connectivity index (χ2n) is 5.48. The summed E-state index contributed by atoms with van der Waals surface area (Å²) in [7, 11) is -2.85. The molecule has 0 heterocycles. The van der Waals surface area contributed by atoms with Crippen molar-refractivity contribution in [3.63, 3.8) is 0 Å². The van der Waals surface area contributed by atoms with Crippen molar-refractivity contribution >= 4 is 51.0 Å². The van der Waals surface area contributed by atoms with Crippen molar-refractivity contribution in [2.24, 2.45) is 5.10 Å². The van der Waals surface area contributed by atoms with Crippen molar-refractivity contribution in [3.8, 4) is 0 Å². The van der Waals surface area contributed by atoms with Crippen LogP contribution in [0.5, 0.6) is 0 Å². The molecule has 2 rings (SSSR count). The van der Waals surface area contributed by atoms with Crippen molar-refractivity contribution < 1.29 is 18.1 Å². The van der Waals surface area contributed by atoms with Crippen molar-refractivity contribution in [2.45, 2.75) is 4.90 Å². The lowest BCUT2D eigenvalue weighted by atomic mass is 10.2. The molecule has 0 unspecified atom stereocenters. The molecule has 9 nitrogen and oxygen atoms in total. The average Bonchev–Trinajstić information content (AvgIpc) is 2.63. The zero-order chi connectivity index (χ0) is 20.9. The van der Waals surface area contributed by atoms with Gasteiger partial charge in [-0.25, -0.2) is 13.8 Å². The van der Waals surface area contributed by atoms with Gasteiger partial charge < -0.3 is 0 Å². The number of carbonyl (C=O) groups excluding carboxylic acids is 1. The van der Waals surface area contributed by atoms with Gasteiger partial charge in [0.2, 0.25) is 10.0 Å². The molecule has 1 amide bonds. The molecule has 0 fully saturated rings. The molecule has 12 heteroatoms. The van der Waals surface area contributed by atoms with E-state index in [9.17, 15) is 23.3 Å². The largest absolute Gasteiger partial charge is 0.272 e. The number of nitro benzene ring substituents is 1. The normalized spacial score (nSPS) is 11.7. The number of amides is 1. The Hall–Kier alpha value is -2.53. The molecular weight excluding hydrogens is 431 g/mol. The monoisotopic (exact) mass is 444 g/mol. The number of hydrogen-bond donors (Lipinski definition) is 1. The van der Waals surface area contributed by atoms with Gasteiger partial charge in [0.05, 0.1) is 22.7 Å². The van der Waals surface area contributed by atoms with Gasteiger partial charge in [-0.1, -0.05) is 35.3 Å². The van der Waals surface area contributed by atoms with Crippen molar-refractivity contribution in [2.75, 3.05) is 13.6 Å². The molecule has 0 spiro atoms. The maximum Gasteiger partial charge on any atom is 0.270 e. The van der Waals surface area contributed by atoms with E-state index >= 15 is 0 Å². The molecule has 0 aliphatic carbocycles. The number of nitro groups is 1. The van der Waals surface area contributed by atoms with Crippen LogP contribution < -0.4 is 5.43 Å². The van der Waals surface area contributed by atoms with Crippen LogP contribution in [0.4, 0.5) is 5.69 Å². The minimum atomic E-state index is -4.05. The summed E-state index contributed by atoms with van der Waals surface area (Å²) in [5.74, 6) is -0.717. The second kappa shape index (κ2) is 9.11. The summed E-state index contributed by atoms with van der Waals surface area (Å²) in [6.45, 7) is -0.530. The first-order valence-corrected chi connectivity index (χ1v) is 9.78. The molecule has 0 saturated heterocycles. The number of sulfonamides is 1. The van der Waals surface area contributed by atoms with E-state index in [-0.39, 0.29) is 20.6 Å². The van der Waals surface area contributed by atoms with Gasteiger partial charge in [0.25, 0.3) is 11.6 Å². The van der Waals surface area contributed by atoms with Crippen molar-refractivity contribution in [1.82, 2.24) is 9.73 Å². The smallest absolute Gasteiger partial charge is 0.270 e. The summed E-state index contributed by atoms with van der Waals surface area (Å²) >= 11 is 11.7. The summed E-state index contributed by atoms with van der Waals surface area (Å²) < 4.78 is 25.9. The van der Waals surface area contributed by atoms with Gasteiger partial charge in [0.1, 0.15) is 4.90 Å². The van der Waals surface area contributed by atoms with Gasteiger partial charge in [-0.05, 0) is 18.2 Å². The number of hydrogen-bond acceptors (Lipinski definition) is 6. The summed E-state index contributed by atoms with van der Waals surface area (Å²) in [6, 6.07) is 9.58. The van der Waals surface area contributed by atoms with Crippen LogP contribution in [0.15, 0.2) is 52.5 Å².